The van der Waals surface area contributed by atoms with Crippen LogP contribution in [-0.2, 0) is 4.79 Å². The van der Waals surface area contributed by atoms with Crippen LogP contribution in [0.25, 0.3) is 0 Å². The topological polar surface area (TPSA) is 17.1 Å². The van der Waals surface area contributed by atoms with Crippen LogP contribution in [-0.4, -0.2) is 16.8 Å². The van der Waals surface area contributed by atoms with Gasteiger partial charge in [-0.25, -0.2) is 0 Å². The van der Waals surface area contributed by atoms with Gasteiger partial charge in [0.25, 0.3) is 0 Å². The largest absolute Gasteiger partial charge is 0.298 e. The second-order valence-electron chi connectivity index (χ2n) is 2.25. The molecule has 1 aliphatic rings. The molecule has 0 bridgehead atoms. The lowest BCUT2D eigenvalue weighted by Gasteiger charge is -2.03. The Morgan fingerprint density at radius 3 is 2.12 bits per heavy atom. The molecule has 0 atom stereocenters. The number of hydrogen-bond acceptors (Lipinski definition) is 2. The summed E-state index contributed by atoms with van der Waals surface area (Å²) < 4.78 is 0.0694. The van der Waals surface area contributed by atoms with E-state index in [0.29, 0.717) is 5.78 Å². The van der Waals surface area contributed by atoms with Crippen LogP contribution in [0.5, 0.6) is 0 Å². The standard InChI is InChI=1S/C6H10OS/c1-5(7)6(8-2)3-4-6/h3-4H2,1-2H3. The van der Waals surface area contributed by atoms with Crippen molar-refractivity contribution >= 4 is 17.5 Å². The maximum absolute atomic E-state index is 10.7. The van der Waals surface area contributed by atoms with Crippen molar-refractivity contribution in [1.29, 1.82) is 0 Å². The van der Waals surface area contributed by atoms with E-state index in [1.165, 1.54) is 0 Å². The van der Waals surface area contributed by atoms with E-state index in [1.54, 1.807) is 18.7 Å². The molecular formula is C6H10OS. The van der Waals surface area contributed by atoms with Gasteiger partial charge in [-0.15, -0.1) is 0 Å². The summed E-state index contributed by atoms with van der Waals surface area (Å²) in [5.74, 6) is 0.352. The van der Waals surface area contributed by atoms with Crippen LogP contribution in [0.1, 0.15) is 19.8 Å². The minimum Gasteiger partial charge on any atom is -0.298 e. The number of ketones is 1. The third-order valence-corrected chi connectivity index (χ3v) is 3.21. The Labute approximate surface area is 53.8 Å². The molecular weight excluding hydrogens is 120 g/mol. The molecule has 0 spiro atoms. The molecule has 1 nitrogen and oxygen atoms in total. The van der Waals surface area contributed by atoms with Crippen LogP contribution in [0.2, 0.25) is 0 Å². The van der Waals surface area contributed by atoms with E-state index >= 15 is 0 Å². The third kappa shape index (κ3) is 0.772. The molecule has 0 N–H and O–H groups in total. The van der Waals surface area contributed by atoms with Crippen molar-refractivity contribution in [2.45, 2.75) is 24.5 Å². The van der Waals surface area contributed by atoms with Crippen molar-refractivity contribution in [3.05, 3.63) is 0 Å². The molecule has 0 aliphatic heterocycles. The zero-order valence-electron chi connectivity index (χ0n) is 5.23. The smallest absolute Gasteiger partial charge is 0.145 e. The van der Waals surface area contributed by atoms with Gasteiger partial charge in [0.1, 0.15) is 5.78 Å². The molecule has 1 fully saturated rings. The first kappa shape index (κ1) is 6.14. The molecule has 46 valence electrons. The SMILES string of the molecule is CSC1(C(C)=O)CC1. The number of rotatable bonds is 2. The lowest BCUT2D eigenvalue weighted by Crippen LogP contribution is -2.13. The molecule has 1 aliphatic carbocycles. The van der Waals surface area contributed by atoms with Crippen molar-refractivity contribution in [2.24, 2.45) is 0 Å². The number of hydrogen-bond donors (Lipinski definition) is 0. The Kier molecular flexibility index (Phi) is 1.35. The third-order valence-electron chi connectivity index (χ3n) is 1.74. The first-order valence-electron chi connectivity index (χ1n) is 2.77. The molecule has 0 aromatic carbocycles. The van der Waals surface area contributed by atoms with Gasteiger partial charge in [0.05, 0.1) is 4.75 Å². The normalized spacial score (nSPS) is 22.8. The van der Waals surface area contributed by atoms with Crippen molar-refractivity contribution < 1.29 is 4.79 Å². The van der Waals surface area contributed by atoms with Crippen molar-refractivity contribution in [1.82, 2.24) is 0 Å². The van der Waals surface area contributed by atoms with Crippen molar-refractivity contribution in [3.63, 3.8) is 0 Å². The second kappa shape index (κ2) is 1.76. The molecule has 0 saturated heterocycles. The van der Waals surface area contributed by atoms with E-state index in [1.807, 2.05) is 6.26 Å². The molecule has 1 rings (SSSR count). The zero-order valence-corrected chi connectivity index (χ0v) is 6.05. The van der Waals surface area contributed by atoms with Gasteiger partial charge >= 0.3 is 0 Å². The Bertz CT molecular complexity index is 116. The Morgan fingerprint density at radius 2 is 2.12 bits per heavy atom. The van der Waals surface area contributed by atoms with Gasteiger partial charge in [-0.1, -0.05) is 0 Å². The van der Waals surface area contributed by atoms with Crippen LogP contribution in [0.4, 0.5) is 0 Å². The van der Waals surface area contributed by atoms with Gasteiger partial charge in [-0.05, 0) is 26.0 Å². The monoisotopic (exact) mass is 130 g/mol. The van der Waals surface area contributed by atoms with Crippen LogP contribution in [0.3, 0.4) is 0 Å². The maximum atomic E-state index is 10.7. The zero-order chi connectivity index (χ0) is 6.20. The molecule has 1 saturated carbocycles. The number of Topliss-reactive ketones (excluding diaryl/α,β-unsaturated/α-hetero) is 1. The first-order chi connectivity index (χ1) is 3.71. The van der Waals surface area contributed by atoms with Crippen molar-refractivity contribution in [2.75, 3.05) is 6.26 Å². The van der Waals surface area contributed by atoms with Gasteiger partial charge in [0, 0.05) is 0 Å². The minimum absolute atomic E-state index is 0.0694. The highest BCUT2D eigenvalue weighted by molar-refractivity contribution is 8.01. The summed E-state index contributed by atoms with van der Waals surface area (Å²) in [6.07, 6.45) is 4.21. The summed E-state index contributed by atoms with van der Waals surface area (Å²) in [7, 11) is 0. The van der Waals surface area contributed by atoms with Crippen molar-refractivity contribution in [3.8, 4) is 0 Å². The van der Waals surface area contributed by atoms with Crippen LogP contribution in [0, 0.1) is 0 Å². The van der Waals surface area contributed by atoms with E-state index in [2.05, 4.69) is 0 Å². The highest BCUT2D eigenvalue weighted by Crippen LogP contribution is 2.47. The first-order valence-corrected chi connectivity index (χ1v) is 4.00. The van der Waals surface area contributed by atoms with Gasteiger partial charge < -0.3 is 0 Å². The molecule has 2 heteroatoms. The molecule has 0 aromatic rings. The van der Waals surface area contributed by atoms with E-state index in [9.17, 15) is 4.79 Å². The fourth-order valence-electron chi connectivity index (χ4n) is 0.813. The van der Waals surface area contributed by atoms with E-state index < -0.39 is 0 Å². The lowest BCUT2D eigenvalue weighted by molar-refractivity contribution is -0.117. The molecule has 0 radical (unpaired) electrons. The fourth-order valence-corrected chi connectivity index (χ4v) is 1.61. The lowest BCUT2D eigenvalue weighted by atomic mass is 10.3. The predicted molar refractivity (Wildman–Crippen MR) is 36.2 cm³/mol. The number of thioether (sulfide) groups is 1. The quantitative estimate of drug-likeness (QED) is 0.563. The van der Waals surface area contributed by atoms with Gasteiger partial charge in [-0.2, -0.15) is 11.8 Å². The molecule has 0 heterocycles. The average molecular weight is 130 g/mol. The Morgan fingerprint density at radius 1 is 1.62 bits per heavy atom. The highest BCUT2D eigenvalue weighted by atomic mass is 32.2. The highest BCUT2D eigenvalue weighted by Gasteiger charge is 2.46. The summed E-state index contributed by atoms with van der Waals surface area (Å²) in [6, 6.07) is 0. The van der Waals surface area contributed by atoms with Gasteiger partial charge in [0.15, 0.2) is 0 Å². The fraction of sp³-hybridized carbons (Fsp3) is 0.833. The minimum atomic E-state index is 0.0694. The number of carbonyl (C=O) groups is 1. The maximum Gasteiger partial charge on any atom is 0.145 e. The summed E-state index contributed by atoms with van der Waals surface area (Å²) in [5, 5.41) is 0. The van der Waals surface area contributed by atoms with Gasteiger partial charge in [0.2, 0.25) is 0 Å². The molecule has 0 aromatic heterocycles. The summed E-state index contributed by atoms with van der Waals surface area (Å²) in [4.78, 5) is 10.7. The Hall–Kier alpha value is 0.0200. The van der Waals surface area contributed by atoms with E-state index in [-0.39, 0.29) is 4.75 Å². The predicted octanol–water partition coefficient (Wildman–Crippen LogP) is 1.47. The molecule has 8 heavy (non-hydrogen) atoms. The van der Waals surface area contributed by atoms with Gasteiger partial charge in [-0.3, -0.25) is 4.79 Å². The van der Waals surface area contributed by atoms with Crippen LogP contribution in [0.15, 0.2) is 0 Å². The van der Waals surface area contributed by atoms with E-state index in [4.69, 9.17) is 0 Å². The average Bonchev–Trinajstić information content (AvgIpc) is 2.44. The molecule has 0 amide bonds. The van der Waals surface area contributed by atoms with Crippen LogP contribution < -0.4 is 0 Å². The number of carbonyl (C=O) groups excluding carboxylic acids is 1. The van der Waals surface area contributed by atoms with E-state index in [0.717, 1.165) is 12.8 Å². The van der Waals surface area contributed by atoms with Crippen LogP contribution >= 0.6 is 11.8 Å². The second-order valence-corrected chi connectivity index (χ2v) is 3.44. The summed E-state index contributed by atoms with van der Waals surface area (Å²) in [5.41, 5.74) is 0. The molecule has 0 unspecified atom stereocenters. The summed E-state index contributed by atoms with van der Waals surface area (Å²) >= 11 is 1.70. The summed E-state index contributed by atoms with van der Waals surface area (Å²) in [6.45, 7) is 1.68. The Balaban J connectivity index is 2.53.